The molecule has 2 rings (SSSR count). The Morgan fingerprint density at radius 2 is 1.90 bits per heavy atom. The van der Waals surface area contributed by atoms with Crippen molar-refractivity contribution >= 4 is 0 Å². The summed E-state index contributed by atoms with van der Waals surface area (Å²) in [6.45, 7) is 9.95. The van der Waals surface area contributed by atoms with Gasteiger partial charge in [-0.2, -0.15) is 10.2 Å². The normalized spacial score (nSPS) is 12.8. The van der Waals surface area contributed by atoms with Crippen LogP contribution in [0.4, 0.5) is 0 Å². The number of aryl methyl sites for hydroxylation is 2. The first-order chi connectivity index (χ1) is 10.2. The lowest BCUT2D eigenvalue weighted by atomic mass is 10.00. The van der Waals surface area contributed by atoms with Crippen LogP contribution in [0.2, 0.25) is 0 Å². The highest BCUT2D eigenvalue weighted by Crippen LogP contribution is 2.24. The Kier molecular flexibility index (Phi) is 5.12. The molecule has 21 heavy (non-hydrogen) atoms. The molecule has 0 fully saturated rings. The van der Waals surface area contributed by atoms with Crippen LogP contribution in [0.5, 0.6) is 0 Å². The van der Waals surface area contributed by atoms with E-state index >= 15 is 0 Å². The minimum atomic E-state index is 0.0627. The molecule has 0 radical (unpaired) electrons. The summed E-state index contributed by atoms with van der Waals surface area (Å²) in [4.78, 5) is 4.35. The van der Waals surface area contributed by atoms with Gasteiger partial charge in [0.05, 0.1) is 5.69 Å². The van der Waals surface area contributed by atoms with Gasteiger partial charge in [0.25, 0.3) is 0 Å². The van der Waals surface area contributed by atoms with Gasteiger partial charge in [0.1, 0.15) is 18.7 Å². The Morgan fingerprint density at radius 3 is 2.48 bits per heavy atom. The molecule has 0 aliphatic heterocycles. The fraction of sp³-hybridized carbons (Fsp3) is 0.667. The highest BCUT2D eigenvalue weighted by molar-refractivity contribution is 5.30. The molecule has 0 spiro atoms. The lowest BCUT2D eigenvalue weighted by molar-refractivity contribution is 0.551. The fourth-order valence-corrected chi connectivity index (χ4v) is 2.77. The van der Waals surface area contributed by atoms with Gasteiger partial charge in [-0.1, -0.05) is 20.8 Å². The number of nitrogens with zero attached hydrogens (tertiary/aromatic N) is 5. The number of rotatable bonds is 7. The van der Waals surface area contributed by atoms with Crippen LogP contribution in [0.15, 0.2) is 6.33 Å². The van der Waals surface area contributed by atoms with Crippen molar-refractivity contribution < 1.29 is 0 Å². The molecule has 0 saturated heterocycles. The van der Waals surface area contributed by atoms with Crippen LogP contribution in [0, 0.1) is 0 Å². The van der Waals surface area contributed by atoms with Crippen molar-refractivity contribution in [2.24, 2.45) is 5.73 Å². The Labute approximate surface area is 126 Å². The highest BCUT2D eigenvalue weighted by atomic mass is 15.4. The largest absolute Gasteiger partial charge is 0.324 e. The first-order valence-electron chi connectivity index (χ1n) is 7.86. The zero-order valence-corrected chi connectivity index (χ0v) is 13.5. The van der Waals surface area contributed by atoms with Crippen molar-refractivity contribution in [3.8, 4) is 0 Å². The van der Waals surface area contributed by atoms with Gasteiger partial charge in [0, 0.05) is 23.8 Å². The van der Waals surface area contributed by atoms with Gasteiger partial charge in [-0.25, -0.2) is 9.67 Å². The number of hydrogen-bond acceptors (Lipinski definition) is 4. The lowest BCUT2D eigenvalue weighted by Crippen LogP contribution is -2.15. The molecular weight excluding hydrogens is 264 g/mol. The summed E-state index contributed by atoms with van der Waals surface area (Å²) in [5.74, 6) is 0.939. The van der Waals surface area contributed by atoms with Crippen LogP contribution in [-0.2, 0) is 25.9 Å². The first kappa shape index (κ1) is 15.7. The van der Waals surface area contributed by atoms with E-state index < -0.39 is 0 Å². The summed E-state index contributed by atoms with van der Waals surface area (Å²) < 4.78 is 3.96. The van der Waals surface area contributed by atoms with Crippen LogP contribution in [-0.4, -0.2) is 24.5 Å². The third kappa shape index (κ3) is 3.00. The maximum atomic E-state index is 6.30. The molecule has 2 aromatic rings. The van der Waals surface area contributed by atoms with Crippen molar-refractivity contribution in [2.75, 3.05) is 0 Å². The number of nitrogens with two attached hydrogens (primary N) is 1. The van der Waals surface area contributed by atoms with E-state index in [0.29, 0.717) is 6.54 Å². The summed E-state index contributed by atoms with van der Waals surface area (Å²) in [6.07, 6.45) is 4.37. The van der Waals surface area contributed by atoms with Gasteiger partial charge in [0.15, 0.2) is 0 Å². The lowest BCUT2D eigenvalue weighted by Gasteiger charge is -2.12. The van der Waals surface area contributed by atoms with Gasteiger partial charge in [-0.15, -0.1) is 0 Å². The topological polar surface area (TPSA) is 74.5 Å². The van der Waals surface area contributed by atoms with Gasteiger partial charge >= 0.3 is 0 Å². The number of aromatic nitrogens is 5. The first-order valence-corrected chi connectivity index (χ1v) is 7.86. The molecule has 0 bridgehead atoms. The predicted molar refractivity (Wildman–Crippen MR) is 83.0 cm³/mol. The molecule has 0 amide bonds. The molecule has 0 aromatic carbocycles. The second-order valence-electron chi connectivity index (χ2n) is 5.18. The van der Waals surface area contributed by atoms with Crippen molar-refractivity contribution in [1.82, 2.24) is 24.5 Å². The van der Waals surface area contributed by atoms with Crippen LogP contribution >= 0.6 is 0 Å². The quantitative estimate of drug-likeness (QED) is 0.847. The van der Waals surface area contributed by atoms with Crippen molar-refractivity contribution in [1.29, 1.82) is 0 Å². The highest BCUT2D eigenvalue weighted by Gasteiger charge is 2.20. The molecule has 1 unspecified atom stereocenters. The van der Waals surface area contributed by atoms with Crippen molar-refractivity contribution in [2.45, 2.75) is 66.1 Å². The zero-order valence-electron chi connectivity index (χ0n) is 13.5. The molecule has 6 heteroatoms. The second-order valence-corrected chi connectivity index (χ2v) is 5.18. The smallest absolute Gasteiger partial charge is 0.148 e. The Morgan fingerprint density at radius 1 is 1.14 bits per heavy atom. The molecule has 0 aliphatic rings. The molecule has 1 atom stereocenters. The second kappa shape index (κ2) is 6.85. The Hall–Kier alpha value is -1.69. The third-order valence-corrected chi connectivity index (χ3v) is 3.94. The van der Waals surface area contributed by atoms with Gasteiger partial charge in [-0.3, -0.25) is 4.68 Å². The molecule has 2 heterocycles. The predicted octanol–water partition coefficient (Wildman–Crippen LogP) is 2.08. The van der Waals surface area contributed by atoms with E-state index in [4.69, 9.17) is 10.8 Å². The minimum absolute atomic E-state index is 0.0627. The molecule has 0 aliphatic carbocycles. The fourth-order valence-electron chi connectivity index (χ4n) is 2.77. The third-order valence-electron chi connectivity index (χ3n) is 3.94. The molecule has 2 N–H and O–H groups in total. The van der Waals surface area contributed by atoms with E-state index in [0.717, 1.165) is 37.3 Å². The van der Waals surface area contributed by atoms with E-state index in [1.165, 1.54) is 11.3 Å². The standard InChI is InChI=1S/C15H26N6/c1-5-11(16)15-12(6-2)19-21(13(15)7-3)9-14-17-10-18-20(14)8-4/h10-11H,5-9,16H2,1-4H3. The van der Waals surface area contributed by atoms with E-state index in [1.807, 2.05) is 4.68 Å². The van der Waals surface area contributed by atoms with E-state index in [2.05, 4.69) is 42.5 Å². The van der Waals surface area contributed by atoms with E-state index in [9.17, 15) is 0 Å². The minimum Gasteiger partial charge on any atom is -0.324 e. The van der Waals surface area contributed by atoms with Gasteiger partial charge in [0.2, 0.25) is 0 Å². The maximum Gasteiger partial charge on any atom is 0.148 e. The van der Waals surface area contributed by atoms with Crippen molar-refractivity contribution in [3.63, 3.8) is 0 Å². The van der Waals surface area contributed by atoms with Crippen LogP contribution in [0.3, 0.4) is 0 Å². The van der Waals surface area contributed by atoms with Crippen molar-refractivity contribution in [3.05, 3.63) is 29.1 Å². The van der Waals surface area contributed by atoms with Crippen LogP contribution < -0.4 is 5.73 Å². The summed E-state index contributed by atoms with van der Waals surface area (Å²) in [6, 6.07) is 0.0627. The van der Waals surface area contributed by atoms with E-state index in [1.54, 1.807) is 6.33 Å². The molecule has 6 nitrogen and oxygen atoms in total. The SMILES string of the molecule is CCc1nn(Cc2ncnn2CC)c(CC)c1C(N)CC. The monoisotopic (exact) mass is 290 g/mol. The average Bonchev–Trinajstić information content (AvgIpc) is 3.10. The average molecular weight is 290 g/mol. The molecule has 116 valence electrons. The summed E-state index contributed by atoms with van der Waals surface area (Å²) in [5.41, 5.74) is 9.87. The summed E-state index contributed by atoms with van der Waals surface area (Å²) in [5, 5.41) is 9.00. The molecule has 0 saturated carbocycles. The Bertz CT molecular complexity index is 583. The van der Waals surface area contributed by atoms with E-state index in [-0.39, 0.29) is 6.04 Å². The van der Waals surface area contributed by atoms with Crippen LogP contribution in [0.25, 0.3) is 0 Å². The molecule has 2 aromatic heterocycles. The summed E-state index contributed by atoms with van der Waals surface area (Å²) in [7, 11) is 0. The summed E-state index contributed by atoms with van der Waals surface area (Å²) >= 11 is 0. The molecular formula is C15H26N6. The number of hydrogen-bond donors (Lipinski definition) is 1. The zero-order chi connectivity index (χ0) is 15.4. The Balaban J connectivity index is 2.42. The maximum absolute atomic E-state index is 6.30. The van der Waals surface area contributed by atoms with Crippen LogP contribution in [0.1, 0.15) is 62.9 Å². The van der Waals surface area contributed by atoms with Gasteiger partial charge in [-0.05, 0) is 26.2 Å². The van der Waals surface area contributed by atoms with Gasteiger partial charge < -0.3 is 5.73 Å².